The van der Waals surface area contributed by atoms with E-state index in [0.717, 1.165) is 11.1 Å². The van der Waals surface area contributed by atoms with Crippen LogP contribution in [0.3, 0.4) is 0 Å². The van der Waals surface area contributed by atoms with Crippen LogP contribution >= 0.6 is 19.8 Å². The van der Waals surface area contributed by atoms with E-state index in [4.69, 9.17) is 11.5 Å². The Hall–Kier alpha value is -1.16. The maximum Gasteiger partial charge on any atom is 0.233 e. The van der Waals surface area contributed by atoms with E-state index in [9.17, 15) is 9.46 Å². The van der Waals surface area contributed by atoms with Gasteiger partial charge >= 0.3 is 0 Å². The molecule has 0 radical (unpaired) electrons. The molecule has 0 bridgehead atoms. The average molecular weight is 341 g/mol. The van der Waals surface area contributed by atoms with Crippen LogP contribution in [0.15, 0.2) is 60.7 Å². The van der Waals surface area contributed by atoms with Crippen LogP contribution < -0.4 is 11.5 Å². The van der Waals surface area contributed by atoms with Gasteiger partial charge in [-0.25, -0.2) is 0 Å². The van der Waals surface area contributed by atoms with Crippen LogP contribution in [0, 0.1) is 0 Å². The van der Waals surface area contributed by atoms with Gasteiger partial charge in [-0.2, -0.15) is 0 Å². The minimum absolute atomic E-state index is 0. The van der Waals surface area contributed by atoms with Crippen molar-refractivity contribution in [3.63, 3.8) is 0 Å². The third-order valence-electron chi connectivity index (χ3n) is 3.53. The lowest BCUT2D eigenvalue weighted by molar-refractivity contribution is 0.446. The minimum atomic E-state index is -3.65. The van der Waals surface area contributed by atoms with Gasteiger partial charge in [-0.15, -0.1) is 12.4 Å². The highest BCUT2D eigenvalue weighted by molar-refractivity contribution is 7.59. The second-order valence-electron chi connectivity index (χ2n) is 5.19. The average Bonchev–Trinajstić information content (AvgIpc) is 2.49. The zero-order chi connectivity index (χ0) is 15.3. The monoisotopic (exact) mass is 340 g/mol. The fraction of sp³-hybridized carbons (Fsp3) is 0.250. The van der Waals surface area contributed by atoms with Crippen molar-refractivity contribution < 1.29 is 9.46 Å². The van der Waals surface area contributed by atoms with Crippen molar-refractivity contribution in [2.45, 2.75) is 24.4 Å². The van der Waals surface area contributed by atoms with Crippen molar-refractivity contribution in [1.29, 1.82) is 0 Å². The molecule has 0 amide bonds. The summed E-state index contributed by atoms with van der Waals surface area (Å²) in [5.41, 5.74) is 13.8. The van der Waals surface area contributed by atoms with Gasteiger partial charge in [0.2, 0.25) is 7.37 Å². The summed E-state index contributed by atoms with van der Waals surface area (Å²) in [6, 6.07) is 18.9. The number of hydrogen-bond acceptors (Lipinski definition) is 3. The SMILES string of the molecule is Cl.NC(Cc1ccccc1)P(=O)(O)C(N)Cc1ccccc1. The van der Waals surface area contributed by atoms with Gasteiger partial charge in [0.25, 0.3) is 0 Å². The van der Waals surface area contributed by atoms with Gasteiger partial charge < -0.3 is 16.4 Å². The van der Waals surface area contributed by atoms with Crippen molar-refractivity contribution >= 4 is 19.8 Å². The van der Waals surface area contributed by atoms with Crippen LogP contribution in [0.2, 0.25) is 0 Å². The molecule has 120 valence electrons. The first kappa shape index (κ1) is 18.9. The molecule has 0 heterocycles. The standard InChI is InChI=1S/C16H21N2O2P.ClH/c17-15(11-13-7-3-1-4-8-13)21(19,20)16(18)12-14-9-5-2-6-10-14;/h1-10,15-16H,11-12,17-18H2,(H,19,20);1H. The molecule has 0 aliphatic heterocycles. The first-order valence-electron chi connectivity index (χ1n) is 6.91. The van der Waals surface area contributed by atoms with Gasteiger partial charge in [0.15, 0.2) is 0 Å². The van der Waals surface area contributed by atoms with E-state index in [1.165, 1.54) is 0 Å². The Morgan fingerprint density at radius 3 is 1.45 bits per heavy atom. The van der Waals surface area contributed by atoms with Gasteiger partial charge in [0.05, 0.1) is 11.6 Å². The van der Waals surface area contributed by atoms with E-state index in [1.807, 2.05) is 60.7 Å². The first-order chi connectivity index (χ1) is 10.00. The summed E-state index contributed by atoms with van der Waals surface area (Å²) in [5, 5.41) is 0. The van der Waals surface area contributed by atoms with Crippen molar-refractivity contribution in [2.75, 3.05) is 0 Å². The van der Waals surface area contributed by atoms with Crippen molar-refractivity contribution in [1.82, 2.24) is 0 Å². The van der Waals surface area contributed by atoms with Gasteiger partial charge in [0.1, 0.15) is 0 Å². The van der Waals surface area contributed by atoms with Crippen LogP contribution in [0.1, 0.15) is 11.1 Å². The summed E-state index contributed by atoms with van der Waals surface area (Å²) in [6.45, 7) is 0. The van der Waals surface area contributed by atoms with Crippen LogP contribution in [-0.4, -0.2) is 16.5 Å². The topological polar surface area (TPSA) is 89.3 Å². The minimum Gasteiger partial charge on any atom is -0.342 e. The smallest absolute Gasteiger partial charge is 0.233 e. The molecule has 0 fully saturated rings. The molecular formula is C16H22ClN2O2P. The molecule has 2 aromatic rings. The maximum atomic E-state index is 12.5. The summed E-state index contributed by atoms with van der Waals surface area (Å²) >= 11 is 0. The first-order valence-corrected chi connectivity index (χ1v) is 8.71. The molecule has 0 saturated carbocycles. The number of rotatable bonds is 6. The fourth-order valence-electron chi connectivity index (χ4n) is 2.22. The van der Waals surface area contributed by atoms with Crippen LogP contribution in [-0.2, 0) is 17.4 Å². The molecule has 22 heavy (non-hydrogen) atoms. The molecule has 0 aliphatic rings. The number of benzene rings is 2. The summed E-state index contributed by atoms with van der Waals surface area (Å²) in [4.78, 5) is 10.3. The lowest BCUT2D eigenvalue weighted by Crippen LogP contribution is -2.34. The van der Waals surface area contributed by atoms with Crippen LogP contribution in [0.4, 0.5) is 0 Å². The second-order valence-corrected chi connectivity index (χ2v) is 7.86. The molecule has 4 nitrogen and oxygen atoms in total. The number of hydrogen-bond donors (Lipinski definition) is 3. The number of halogens is 1. The highest BCUT2D eigenvalue weighted by Crippen LogP contribution is 2.49. The molecule has 5 N–H and O–H groups in total. The second kappa shape index (κ2) is 8.47. The van der Waals surface area contributed by atoms with E-state index in [0.29, 0.717) is 12.8 Å². The van der Waals surface area contributed by atoms with E-state index < -0.39 is 18.9 Å². The number of nitrogens with two attached hydrogens (primary N) is 2. The Morgan fingerprint density at radius 2 is 1.14 bits per heavy atom. The van der Waals surface area contributed by atoms with Crippen LogP contribution in [0.25, 0.3) is 0 Å². The quantitative estimate of drug-likeness (QED) is 0.705. The van der Waals surface area contributed by atoms with E-state index in [1.54, 1.807) is 0 Å². The van der Waals surface area contributed by atoms with Gasteiger partial charge in [-0.3, -0.25) is 4.57 Å². The third-order valence-corrected chi connectivity index (χ3v) is 5.79. The van der Waals surface area contributed by atoms with E-state index in [2.05, 4.69) is 0 Å². The van der Waals surface area contributed by atoms with Gasteiger partial charge in [-0.1, -0.05) is 60.7 Å². The van der Waals surface area contributed by atoms with Crippen molar-refractivity contribution in [3.8, 4) is 0 Å². The van der Waals surface area contributed by atoms with Crippen molar-refractivity contribution in [3.05, 3.63) is 71.8 Å². The molecule has 0 aromatic heterocycles. The summed E-state index contributed by atoms with van der Waals surface area (Å²) < 4.78 is 12.5. The van der Waals surface area contributed by atoms with Crippen molar-refractivity contribution in [2.24, 2.45) is 11.5 Å². The third kappa shape index (κ3) is 4.94. The molecular weight excluding hydrogens is 319 g/mol. The summed E-state index contributed by atoms with van der Waals surface area (Å²) in [6.07, 6.45) is 0.689. The predicted octanol–water partition coefficient (Wildman–Crippen LogP) is 2.73. The predicted molar refractivity (Wildman–Crippen MR) is 93.3 cm³/mol. The lowest BCUT2D eigenvalue weighted by Gasteiger charge is -2.25. The molecule has 2 aromatic carbocycles. The van der Waals surface area contributed by atoms with Gasteiger partial charge in [0, 0.05) is 0 Å². The Labute approximate surface area is 137 Å². The molecule has 2 unspecified atom stereocenters. The lowest BCUT2D eigenvalue weighted by atomic mass is 10.1. The Bertz CT molecular complexity index is 559. The zero-order valence-electron chi connectivity index (χ0n) is 12.2. The van der Waals surface area contributed by atoms with E-state index in [-0.39, 0.29) is 12.4 Å². The molecule has 6 heteroatoms. The zero-order valence-corrected chi connectivity index (χ0v) is 13.9. The Morgan fingerprint density at radius 1 is 0.818 bits per heavy atom. The Kier molecular flexibility index (Phi) is 7.27. The molecule has 0 spiro atoms. The molecule has 0 saturated heterocycles. The normalized spacial score (nSPS) is 16.1. The largest absolute Gasteiger partial charge is 0.342 e. The molecule has 2 rings (SSSR count). The molecule has 0 aliphatic carbocycles. The highest BCUT2D eigenvalue weighted by atomic mass is 35.5. The Balaban J connectivity index is 0.00000242. The van der Waals surface area contributed by atoms with Gasteiger partial charge in [-0.05, 0) is 24.0 Å². The summed E-state index contributed by atoms with van der Waals surface area (Å²) in [5.74, 6) is -1.70. The maximum absolute atomic E-state index is 12.5. The van der Waals surface area contributed by atoms with Crippen LogP contribution in [0.5, 0.6) is 0 Å². The van der Waals surface area contributed by atoms with E-state index >= 15 is 0 Å². The highest BCUT2D eigenvalue weighted by Gasteiger charge is 2.34. The fourth-order valence-corrected chi connectivity index (χ4v) is 3.66. The summed E-state index contributed by atoms with van der Waals surface area (Å²) in [7, 11) is -3.65. The molecule has 2 atom stereocenters.